The van der Waals surface area contributed by atoms with Gasteiger partial charge < -0.3 is 29.2 Å². The van der Waals surface area contributed by atoms with Crippen molar-refractivity contribution in [2.75, 3.05) is 26.4 Å². The van der Waals surface area contributed by atoms with Gasteiger partial charge in [-0.05, 0) is 37.8 Å². The Morgan fingerprint density at radius 2 is 0.756 bits per heavy atom. The van der Waals surface area contributed by atoms with E-state index >= 15 is 0 Å². The van der Waals surface area contributed by atoms with Gasteiger partial charge in [0.15, 0.2) is 23.0 Å². The van der Waals surface area contributed by atoms with Crippen molar-refractivity contribution in [2.45, 2.75) is 124 Å². The van der Waals surface area contributed by atoms with Crippen LogP contribution in [0.15, 0.2) is 24.3 Å². The Hall–Kier alpha value is -2.76. The minimum Gasteiger partial charge on any atom is -0.504 e. The topological polar surface area (TPSA) is 77.4 Å². The number of hydrogen-bond acceptors (Lipinski definition) is 6. The summed E-state index contributed by atoms with van der Waals surface area (Å²) in [6.45, 7) is 15.0. The summed E-state index contributed by atoms with van der Waals surface area (Å²) in [5.41, 5.74) is 1.15. The van der Waals surface area contributed by atoms with Crippen LogP contribution in [-0.2, 0) is 5.41 Å². The third-order valence-electron chi connectivity index (χ3n) is 7.51. The highest BCUT2D eigenvalue weighted by Crippen LogP contribution is 2.51. The van der Waals surface area contributed by atoms with Crippen LogP contribution in [0.5, 0.6) is 34.5 Å². The van der Waals surface area contributed by atoms with Gasteiger partial charge in [-0.25, -0.2) is 0 Å². The number of ether oxygens (including phenoxy) is 4. The zero-order valence-electron chi connectivity index (χ0n) is 26.7. The van der Waals surface area contributed by atoms with E-state index in [0.29, 0.717) is 49.4 Å². The summed E-state index contributed by atoms with van der Waals surface area (Å²) in [4.78, 5) is 0. The quantitative estimate of drug-likeness (QED) is 0.137. The van der Waals surface area contributed by atoms with Gasteiger partial charge in [-0.3, -0.25) is 0 Å². The second kappa shape index (κ2) is 18.6. The van der Waals surface area contributed by atoms with Crippen LogP contribution >= 0.6 is 0 Å². The Labute approximate surface area is 249 Å². The lowest BCUT2D eigenvalue weighted by Crippen LogP contribution is -2.23. The van der Waals surface area contributed by atoms with Crippen LogP contribution in [0.1, 0.15) is 130 Å². The molecule has 0 saturated carbocycles. The molecule has 0 aliphatic heterocycles. The summed E-state index contributed by atoms with van der Waals surface area (Å²) < 4.78 is 25.2. The first-order chi connectivity index (χ1) is 19.8. The molecule has 6 nitrogen and oxygen atoms in total. The molecular weight excluding hydrogens is 516 g/mol. The first-order valence-corrected chi connectivity index (χ1v) is 16.1. The Morgan fingerprint density at radius 3 is 1.05 bits per heavy atom. The van der Waals surface area contributed by atoms with Gasteiger partial charge in [0.1, 0.15) is 0 Å². The van der Waals surface area contributed by atoms with Gasteiger partial charge in [0.25, 0.3) is 0 Å². The second-order valence-electron chi connectivity index (χ2n) is 11.4. The lowest BCUT2D eigenvalue weighted by atomic mass is 9.76. The summed E-state index contributed by atoms with van der Waals surface area (Å²) >= 11 is 0. The van der Waals surface area contributed by atoms with Crippen LogP contribution in [0.4, 0.5) is 0 Å². The van der Waals surface area contributed by atoms with E-state index in [9.17, 15) is 10.2 Å². The van der Waals surface area contributed by atoms with Crippen molar-refractivity contribution in [3.8, 4) is 34.5 Å². The SMILES string of the molecule is CCCCCOc1c(O)ccc(C(C)(C)c2ccc(O)c(OCCCCC)c2OCCCCC)c1OCCCCC. The van der Waals surface area contributed by atoms with Crippen molar-refractivity contribution in [3.05, 3.63) is 35.4 Å². The monoisotopic (exact) mass is 572 g/mol. The number of phenols is 2. The lowest BCUT2D eigenvalue weighted by Gasteiger charge is -2.32. The molecule has 2 N–H and O–H groups in total. The Balaban J connectivity index is 2.60. The molecule has 0 aromatic heterocycles. The number of benzene rings is 2. The molecule has 0 atom stereocenters. The highest BCUT2D eigenvalue weighted by Gasteiger charge is 2.35. The van der Waals surface area contributed by atoms with E-state index in [0.717, 1.165) is 88.2 Å². The summed E-state index contributed by atoms with van der Waals surface area (Å²) in [6.07, 6.45) is 12.3. The standard InChI is InChI=1S/C35H56O6/c1-7-11-15-23-38-31-27(19-21-29(36)33(31)40-25-17-13-9-3)35(5,6)28-20-22-30(37)34(41-26-18-14-10-4)32(28)39-24-16-12-8-2/h19-22,36-37H,7-18,23-26H2,1-6H3. The largest absolute Gasteiger partial charge is 0.504 e. The molecule has 6 heteroatoms. The van der Waals surface area contributed by atoms with Gasteiger partial charge in [0.05, 0.1) is 26.4 Å². The van der Waals surface area contributed by atoms with Gasteiger partial charge in [0.2, 0.25) is 11.5 Å². The predicted octanol–water partition coefficient (Wildman–Crippen LogP) is 9.70. The van der Waals surface area contributed by atoms with Crippen LogP contribution in [0, 0.1) is 0 Å². The Kier molecular flexibility index (Phi) is 15.6. The van der Waals surface area contributed by atoms with Crippen molar-refractivity contribution in [1.29, 1.82) is 0 Å². The minimum absolute atomic E-state index is 0.0771. The second-order valence-corrected chi connectivity index (χ2v) is 11.4. The van der Waals surface area contributed by atoms with E-state index < -0.39 is 5.41 Å². The number of aromatic hydroxyl groups is 2. The van der Waals surface area contributed by atoms with Gasteiger partial charge in [0, 0.05) is 16.5 Å². The van der Waals surface area contributed by atoms with Gasteiger partial charge >= 0.3 is 0 Å². The van der Waals surface area contributed by atoms with E-state index in [4.69, 9.17) is 18.9 Å². The van der Waals surface area contributed by atoms with Crippen LogP contribution < -0.4 is 18.9 Å². The third kappa shape index (κ3) is 10.2. The number of unbranched alkanes of at least 4 members (excludes halogenated alkanes) is 8. The first kappa shape index (κ1) is 34.4. The van der Waals surface area contributed by atoms with Gasteiger partial charge in [-0.1, -0.05) is 105 Å². The number of rotatable bonds is 22. The normalized spacial score (nSPS) is 11.5. The molecule has 0 fully saturated rings. The zero-order valence-corrected chi connectivity index (χ0v) is 26.7. The lowest BCUT2D eigenvalue weighted by molar-refractivity contribution is 0.241. The molecule has 0 radical (unpaired) electrons. The molecule has 2 aromatic rings. The van der Waals surface area contributed by atoms with Gasteiger partial charge in [-0.2, -0.15) is 0 Å². The molecule has 2 aromatic carbocycles. The van der Waals surface area contributed by atoms with E-state index in [2.05, 4.69) is 41.5 Å². The van der Waals surface area contributed by atoms with E-state index in [1.807, 2.05) is 12.1 Å². The molecular formula is C35H56O6. The Morgan fingerprint density at radius 1 is 0.463 bits per heavy atom. The highest BCUT2D eigenvalue weighted by atomic mass is 16.5. The van der Waals surface area contributed by atoms with Crippen LogP contribution in [0.25, 0.3) is 0 Å². The summed E-state index contributed by atoms with van der Waals surface area (Å²) in [5.74, 6) is 2.07. The van der Waals surface area contributed by atoms with Crippen molar-refractivity contribution in [2.24, 2.45) is 0 Å². The maximum atomic E-state index is 10.9. The van der Waals surface area contributed by atoms with Crippen molar-refractivity contribution in [3.63, 3.8) is 0 Å². The summed E-state index contributed by atoms with van der Waals surface area (Å²) in [7, 11) is 0. The predicted molar refractivity (Wildman–Crippen MR) is 168 cm³/mol. The summed E-state index contributed by atoms with van der Waals surface area (Å²) in [5, 5.41) is 21.7. The fourth-order valence-corrected chi connectivity index (χ4v) is 4.90. The number of phenolic OH excluding ortho intramolecular Hbond substituents is 2. The van der Waals surface area contributed by atoms with E-state index in [-0.39, 0.29) is 11.5 Å². The molecule has 0 unspecified atom stereocenters. The van der Waals surface area contributed by atoms with Crippen molar-refractivity contribution >= 4 is 0 Å². The third-order valence-corrected chi connectivity index (χ3v) is 7.51. The molecule has 232 valence electrons. The average molecular weight is 573 g/mol. The van der Waals surface area contributed by atoms with Crippen LogP contribution in [0.3, 0.4) is 0 Å². The summed E-state index contributed by atoms with van der Waals surface area (Å²) in [6, 6.07) is 7.21. The zero-order chi connectivity index (χ0) is 30.1. The number of hydrogen-bond donors (Lipinski definition) is 2. The highest BCUT2D eigenvalue weighted by molar-refractivity contribution is 5.64. The van der Waals surface area contributed by atoms with Gasteiger partial charge in [-0.15, -0.1) is 0 Å². The Bertz CT molecular complexity index is 937. The van der Waals surface area contributed by atoms with Crippen LogP contribution in [0.2, 0.25) is 0 Å². The molecule has 0 amide bonds. The molecule has 0 aliphatic carbocycles. The molecule has 2 rings (SSSR count). The minimum atomic E-state index is -0.620. The van der Waals surface area contributed by atoms with Crippen molar-refractivity contribution in [1.82, 2.24) is 0 Å². The molecule has 0 saturated heterocycles. The first-order valence-electron chi connectivity index (χ1n) is 16.1. The van der Waals surface area contributed by atoms with E-state index in [1.165, 1.54) is 0 Å². The fraction of sp³-hybridized carbons (Fsp3) is 0.657. The molecule has 0 heterocycles. The fourth-order valence-electron chi connectivity index (χ4n) is 4.90. The molecule has 41 heavy (non-hydrogen) atoms. The maximum Gasteiger partial charge on any atom is 0.203 e. The van der Waals surface area contributed by atoms with Crippen molar-refractivity contribution < 1.29 is 29.2 Å². The smallest absolute Gasteiger partial charge is 0.203 e. The maximum absolute atomic E-state index is 10.9. The van der Waals surface area contributed by atoms with E-state index in [1.54, 1.807) is 12.1 Å². The molecule has 0 spiro atoms. The molecule has 0 bridgehead atoms. The molecule has 0 aliphatic rings. The van der Waals surface area contributed by atoms with Crippen LogP contribution in [-0.4, -0.2) is 36.6 Å². The average Bonchev–Trinajstić information content (AvgIpc) is 2.95.